The molecule has 0 aliphatic carbocycles. The van der Waals surface area contributed by atoms with Crippen LogP contribution in [0.25, 0.3) is 22.6 Å². The molecule has 0 atom stereocenters. The van der Waals surface area contributed by atoms with Crippen molar-refractivity contribution >= 4 is 11.0 Å². The Hall–Kier alpha value is -3.01. The predicted molar refractivity (Wildman–Crippen MR) is 108 cm³/mol. The molecule has 0 radical (unpaired) electrons. The molecule has 0 aliphatic heterocycles. The highest BCUT2D eigenvalue weighted by molar-refractivity contribution is 5.79. The molecule has 0 fully saturated rings. The van der Waals surface area contributed by atoms with Crippen LogP contribution in [0.1, 0.15) is 25.3 Å². The quantitative estimate of drug-likeness (QED) is 0.377. The molecule has 0 saturated carbocycles. The Bertz CT molecular complexity index is 985. The highest BCUT2D eigenvalue weighted by atomic mass is 16.5. The Labute approximate surface area is 159 Å². The normalized spacial score (nSPS) is 11.1. The van der Waals surface area contributed by atoms with E-state index in [1.165, 1.54) is 5.56 Å². The Morgan fingerprint density at radius 1 is 0.963 bits per heavy atom. The average Bonchev–Trinajstić information content (AvgIpc) is 3.36. The molecule has 0 unspecified atom stereocenters. The number of imidazole rings is 1. The molecule has 0 N–H and O–H groups in total. The highest BCUT2D eigenvalue weighted by Crippen LogP contribution is 2.25. The third-order valence-corrected chi connectivity index (χ3v) is 4.77. The standard InChI is InChI=1S/C23H24N2O2/c1-2-18-11-13-19(14-12-18)26-16-6-5-15-25-21-9-4-3-8-20(21)24-23(25)22-10-7-17-27-22/h3-4,7-14,17H,2,5-6,15-16H2,1H3. The summed E-state index contributed by atoms with van der Waals surface area (Å²) < 4.78 is 13.7. The summed E-state index contributed by atoms with van der Waals surface area (Å²) in [5, 5.41) is 0. The van der Waals surface area contributed by atoms with Gasteiger partial charge in [0, 0.05) is 6.54 Å². The molecule has 2 aromatic heterocycles. The molecule has 0 spiro atoms. The van der Waals surface area contributed by atoms with E-state index in [4.69, 9.17) is 14.1 Å². The topological polar surface area (TPSA) is 40.2 Å². The Morgan fingerprint density at radius 3 is 2.59 bits per heavy atom. The number of hydrogen-bond donors (Lipinski definition) is 0. The number of para-hydroxylation sites is 2. The van der Waals surface area contributed by atoms with Crippen LogP contribution in [0.2, 0.25) is 0 Å². The fourth-order valence-electron chi connectivity index (χ4n) is 3.28. The molecule has 0 aliphatic rings. The lowest BCUT2D eigenvalue weighted by molar-refractivity contribution is 0.303. The van der Waals surface area contributed by atoms with E-state index in [9.17, 15) is 0 Å². The van der Waals surface area contributed by atoms with E-state index in [1.54, 1.807) is 6.26 Å². The van der Waals surface area contributed by atoms with Gasteiger partial charge in [0.2, 0.25) is 0 Å². The number of furan rings is 1. The van der Waals surface area contributed by atoms with Crippen LogP contribution in [-0.4, -0.2) is 16.2 Å². The van der Waals surface area contributed by atoms with Gasteiger partial charge in [-0.05, 0) is 61.2 Å². The van der Waals surface area contributed by atoms with E-state index >= 15 is 0 Å². The minimum absolute atomic E-state index is 0.716. The van der Waals surface area contributed by atoms with E-state index in [2.05, 4.69) is 47.9 Å². The maximum atomic E-state index is 5.87. The summed E-state index contributed by atoms with van der Waals surface area (Å²) in [6.07, 6.45) is 4.74. The second-order valence-electron chi connectivity index (χ2n) is 6.61. The van der Waals surface area contributed by atoms with Gasteiger partial charge in [-0.15, -0.1) is 0 Å². The van der Waals surface area contributed by atoms with E-state index in [1.807, 2.05) is 24.3 Å². The first kappa shape index (κ1) is 17.4. The summed E-state index contributed by atoms with van der Waals surface area (Å²) in [6, 6.07) is 20.4. The predicted octanol–water partition coefficient (Wildman–Crippen LogP) is 5.72. The zero-order chi connectivity index (χ0) is 18.5. The molecule has 0 saturated heterocycles. The monoisotopic (exact) mass is 360 g/mol. The maximum absolute atomic E-state index is 5.87. The second kappa shape index (κ2) is 8.12. The number of ether oxygens (including phenoxy) is 1. The third kappa shape index (κ3) is 3.90. The number of hydrogen-bond acceptors (Lipinski definition) is 3. The van der Waals surface area contributed by atoms with Crippen LogP contribution in [0, 0.1) is 0 Å². The van der Waals surface area contributed by atoms with Gasteiger partial charge in [-0.3, -0.25) is 0 Å². The van der Waals surface area contributed by atoms with Crippen LogP contribution in [-0.2, 0) is 13.0 Å². The van der Waals surface area contributed by atoms with E-state index < -0.39 is 0 Å². The van der Waals surface area contributed by atoms with Gasteiger partial charge in [-0.1, -0.05) is 31.2 Å². The van der Waals surface area contributed by atoms with Gasteiger partial charge in [0.05, 0.1) is 23.9 Å². The van der Waals surface area contributed by atoms with Crippen molar-refractivity contribution in [3.8, 4) is 17.3 Å². The molecular weight excluding hydrogens is 336 g/mol. The Morgan fingerprint density at radius 2 is 1.81 bits per heavy atom. The van der Waals surface area contributed by atoms with Gasteiger partial charge in [0.1, 0.15) is 5.75 Å². The number of unbranched alkanes of at least 4 members (excludes halogenated alkanes) is 1. The van der Waals surface area contributed by atoms with Crippen molar-refractivity contribution in [1.29, 1.82) is 0 Å². The van der Waals surface area contributed by atoms with Crippen LogP contribution in [0.5, 0.6) is 5.75 Å². The van der Waals surface area contributed by atoms with Crippen molar-refractivity contribution in [1.82, 2.24) is 9.55 Å². The molecule has 138 valence electrons. The SMILES string of the molecule is CCc1ccc(OCCCCn2c(-c3ccco3)nc3ccccc32)cc1. The van der Waals surface area contributed by atoms with E-state index in [-0.39, 0.29) is 0 Å². The minimum Gasteiger partial charge on any atom is -0.494 e. The number of benzene rings is 2. The van der Waals surface area contributed by atoms with Gasteiger partial charge >= 0.3 is 0 Å². The molecule has 4 aromatic rings. The van der Waals surface area contributed by atoms with E-state index in [0.29, 0.717) is 6.61 Å². The summed E-state index contributed by atoms with van der Waals surface area (Å²) >= 11 is 0. The molecule has 0 bridgehead atoms. The number of nitrogens with zero attached hydrogens (tertiary/aromatic N) is 2. The highest BCUT2D eigenvalue weighted by Gasteiger charge is 2.13. The molecular formula is C23H24N2O2. The van der Waals surface area contributed by atoms with Crippen LogP contribution in [0.4, 0.5) is 0 Å². The van der Waals surface area contributed by atoms with E-state index in [0.717, 1.165) is 54.2 Å². The molecule has 4 rings (SSSR count). The summed E-state index contributed by atoms with van der Waals surface area (Å²) in [6.45, 7) is 3.76. The smallest absolute Gasteiger partial charge is 0.177 e. The first-order chi connectivity index (χ1) is 13.3. The van der Waals surface area contributed by atoms with Gasteiger partial charge in [0.25, 0.3) is 0 Å². The summed E-state index contributed by atoms with van der Waals surface area (Å²) in [5.41, 5.74) is 3.47. The van der Waals surface area contributed by atoms with Crippen molar-refractivity contribution in [2.75, 3.05) is 6.61 Å². The maximum Gasteiger partial charge on any atom is 0.177 e. The lowest BCUT2D eigenvalue weighted by Gasteiger charge is -2.09. The lowest BCUT2D eigenvalue weighted by atomic mass is 10.2. The van der Waals surface area contributed by atoms with Crippen molar-refractivity contribution in [3.63, 3.8) is 0 Å². The van der Waals surface area contributed by atoms with Crippen molar-refractivity contribution in [2.24, 2.45) is 0 Å². The molecule has 2 heterocycles. The number of aromatic nitrogens is 2. The number of aryl methyl sites for hydroxylation is 2. The molecule has 27 heavy (non-hydrogen) atoms. The van der Waals surface area contributed by atoms with Crippen LogP contribution >= 0.6 is 0 Å². The summed E-state index contributed by atoms with van der Waals surface area (Å²) in [7, 11) is 0. The Balaban J connectivity index is 1.39. The van der Waals surface area contributed by atoms with Crippen LogP contribution in [0.15, 0.2) is 71.3 Å². The molecule has 4 heteroatoms. The zero-order valence-electron chi connectivity index (χ0n) is 15.6. The second-order valence-corrected chi connectivity index (χ2v) is 6.61. The van der Waals surface area contributed by atoms with Crippen molar-refractivity contribution in [3.05, 3.63) is 72.5 Å². The van der Waals surface area contributed by atoms with Crippen LogP contribution < -0.4 is 4.74 Å². The van der Waals surface area contributed by atoms with Crippen LogP contribution in [0.3, 0.4) is 0 Å². The van der Waals surface area contributed by atoms with Gasteiger partial charge in [-0.2, -0.15) is 0 Å². The lowest BCUT2D eigenvalue weighted by Crippen LogP contribution is -2.04. The zero-order valence-corrected chi connectivity index (χ0v) is 15.6. The number of rotatable bonds is 8. The van der Waals surface area contributed by atoms with Gasteiger partial charge in [0.15, 0.2) is 11.6 Å². The Kier molecular flexibility index (Phi) is 5.24. The molecule has 2 aromatic carbocycles. The first-order valence-electron chi connectivity index (χ1n) is 9.56. The largest absolute Gasteiger partial charge is 0.494 e. The van der Waals surface area contributed by atoms with Gasteiger partial charge < -0.3 is 13.7 Å². The minimum atomic E-state index is 0.716. The van der Waals surface area contributed by atoms with Gasteiger partial charge in [-0.25, -0.2) is 4.98 Å². The molecule has 0 amide bonds. The number of fused-ring (bicyclic) bond motifs is 1. The summed E-state index contributed by atoms with van der Waals surface area (Å²) in [5.74, 6) is 2.63. The first-order valence-corrected chi connectivity index (χ1v) is 9.56. The average molecular weight is 360 g/mol. The third-order valence-electron chi connectivity index (χ3n) is 4.77. The fraction of sp³-hybridized carbons (Fsp3) is 0.261. The molecule has 4 nitrogen and oxygen atoms in total. The fourth-order valence-corrected chi connectivity index (χ4v) is 3.28. The van der Waals surface area contributed by atoms with Crippen molar-refractivity contribution < 1.29 is 9.15 Å². The van der Waals surface area contributed by atoms with Crippen molar-refractivity contribution in [2.45, 2.75) is 32.7 Å². The summed E-state index contributed by atoms with van der Waals surface area (Å²) in [4.78, 5) is 4.76.